The van der Waals surface area contributed by atoms with Gasteiger partial charge in [-0.3, -0.25) is 0 Å². The Bertz CT molecular complexity index is 540. The van der Waals surface area contributed by atoms with Crippen LogP contribution in [0.4, 0.5) is 0 Å². The highest BCUT2D eigenvalue weighted by Gasteiger charge is 2.23. The molecule has 0 aliphatic carbocycles. The first-order valence-corrected chi connectivity index (χ1v) is 5.72. The molecular weight excluding hydrogens is 236 g/mol. The first kappa shape index (κ1) is 12.1. The highest BCUT2D eigenvalue weighted by molar-refractivity contribution is 6.33. The summed E-state index contributed by atoms with van der Waals surface area (Å²) < 4.78 is 1.88. The maximum atomic E-state index is 6.14. The standard InChI is InChI=1S/C12H15ClN4/c1-12(2,14)11-16-15-10(17(11)3)8-6-4-5-7-9(8)13/h4-7H,14H2,1-3H3. The molecule has 0 radical (unpaired) electrons. The Kier molecular flexibility index (Phi) is 2.93. The molecule has 2 N–H and O–H groups in total. The lowest BCUT2D eigenvalue weighted by molar-refractivity contribution is 0.493. The molecule has 17 heavy (non-hydrogen) atoms. The summed E-state index contributed by atoms with van der Waals surface area (Å²) in [5, 5.41) is 8.95. The third kappa shape index (κ3) is 2.18. The zero-order chi connectivity index (χ0) is 12.6. The van der Waals surface area contributed by atoms with Crippen molar-refractivity contribution in [2.75, 3.05) is 0 Å². The van der Waals surface area contributed by atoms with Gasteiger partial charge in [0.15, 0.2) is 11.6 Å². The molecule has 0 aliphatic rings. The zero-order valence-corrected chi connectivity index (χ0v) is 10.9. The Morgan fingerprint density at radius 2 is 1.88 bits per heavy atom. The van der Waals surface area contributed by atoms with E-state index in [-0.39, 0.29) is 0 Å². The van der Waals surface area contributed by atoms with Gasteiger partial charge in [-0.05, 0) is 26.0 Å². The van der Waals surface area contributed by atoms with Crippen molar-refractivity contribution in [1.82, 2.24) is 14.8 Å². The van der Waals surface area contributed by atoms with E-state index in [1.807, 2.05) is 49.7 Å². The number of hydrogen-bond acceptors (Lipinski definition) is 3. The van der Waals surface area contributed by atoms with Crippen molar-refractivity contribution >= 4 is 11.6 Å². The summed E-state index contributed by atoms with van der Waals surface area (Å²) in [7, 11) is 1.89. The maximum absolute atomic E-state index is 6.14. The van der Waals surface area contributed by atoms with Crippen LogP contribution in [0.1, 0.15) is 19.7 Å². The van der Waals surface area contributed by atoms with E-state index in [0.717, 1.165) is 17.2 Å². The SMILES string of the molecule is Cn1c(-c2ccccc2Cl)nnc1C(C)(C)N. The second kappa shape index (κ2) is 4.13. The number of hydrogen-bond donors (Lipinski definition) is 1. The molecule has 0 saturated carbocycles. The Morgan fingerprint density at radius 1 is 1.24 bits per heavy atom. The van der Waals surface area contributed by atoms with E-state index in [9.17, 15) is 0 Å². The summed E-state index contributed by atoms with van der Waals surface area (Å²) in [4.78, 5) is 0. The predicted molar refractivity (Wildman–Crippen MR) is 68.7 cm³/mol. The minimum Gasteiger partial charge on any atom is -0.319 e. The van der Waals surface area contributed by atoms with Crippen LogP contribution in [0, 0.1) is 0 Å². The zero-order valence-electron chi connectivity index (χ0n) is 10.1. The van der Waals surface area contributed by atoms with Crippen molar-refractivity contribution in [3.8, 4) is 11.4 Å². The van der Waals surface area contributed by atoms with Gasteiger partial charge in [0.05, 0.1) is 10.6 Å². The van der Waals surface area contributed by atoms with Gasteiger partial charge in [-0.2, -0.15) is 0 Å². The van der Waals surface area contributed by atoms with Gasteiger partial charge in [-0.1, -0.05) is 23.7 Å². The third-order valence-electron chi connectivity index (χ3n) is 2.57. The summed E-state index contributed by atoms with van der Waals surface area (Å²) in [6, 6.07) is 7.55. The van der Waals surface area contributed by atoms with E-state index >= 15 is 0 Å². The lowest BCUT2D eigenvalue weighted by Crippen LogP contribution is -2.32. The van der Waals surface area contributed by atoms with Crippen LogP contribution in [0.3, 0.4) is 0 Å². The molecule has 0 aliphatic heterocycles. The molecule has 5 heteroatoms. The smallest absolute Gasteiger partial charge is 0.165 e. The highest BCUT2D eigenvalue weighted by atomic mass is 35.5. The van der Waals surface area contributed by atoms with E-state index in [2.05, 4.69) is 10.2 Å². The molecule has 4 nitrogen and oxygen atoms in total. The van der Waals surface area contributed by atoms with E-state index in [0.29, 0.717) is 5.02 Å². The van der Waals surface area contributed by atoms with E-state index in [1.54, 1.807) is 0 Å². The lowest BCUT2D eigenvalue weighted by atomic mass is 10.1. The molecule has 0 amide bonds. The second-order valence-corrected chi connectivity index (χ2v) is 5.01. The molecule has 0 spiro atoms. The number of benzene rings is 1. The summed E-state index contributed by atoms with van der Waals surface area (Å²) in [5.41, 5.74) is 6.37. The number of aromatic nitrogens is 3. The first-order valence-electron chi connectivity index (χ1n) is 5.35. The van der Waals surface area contributed by atoms with Crippen LogP contribution >= 0.6 is 11.6 Å². The Labute approximate surface area is 105 Å². The molecule has 90 valence electrons. The fourth-order valence-corrected chi connectivity index (χ4v) is 1.99. The molecule has 2 aromatic rings. The van der Waals surface area contributed by atoms with Crippen LogP contribution in [-0.2, 0) is 12.6 Å². The number of nitrogens with two attached hydrogens (primary N) is 1. The van der Waals surface area contributed by atoms with E-state index in [1.165, 1.54) is 0 Å². The molecule has 0 saturated heterocycles. The van der Waals surface area contributed by atoms with Crippen LogP contribution in [0.2, 0.25) is 5.02 Å². The van der Waals surface area contributed by atoms with E-state index < -0.39 is 5.54 Å². The number of halogens is 1. The maximum Gasteiger partial charge on any atom is 0.165 e. The molecule has 0 atom stereocenters. The molecular formula is C12H15ClN4. The highest BCUT2D eigenvalue weighted by Crippen LogP contribution is 2.27. The third-order valence-corrected chi connectivity index (χ3v) is 2.90. The van der Waals surface area contributed by atoms with Gasteiger partial charge in [-0.25, -0.2) is 0 Å². The van der Waals surface area contributed by atoms with Gasteiger partial charge < -0.3 is 10.3 Å². The van der Waals surface area contributed by atoms with Gasteiger partial charge in [0, 0.05) is 12.6 Å². The summed E-state index contributed by atoms with van der Waals surface area (Å²) >= 11 is 6.14. The number of rotatable bonds is 2. The summed E-state index contributed by atoms with van der Waals surface area (Å²) in [6.07, 6.45) is 0. The van der Waals surface area contributed by atoms with Crippen molar-refractivity contribution in [3.63, 3.8) is 0 Å². The van der Waals surface area contributed by atoms with Crippen LogP contribution in [0.15, 0.2) is 24.3 Å². The quantitative estimate of drug-likeness (QED) is 0.890. The van der Waals surface area contributed by atoms with Gasteiger partial charge >= 0.3 is 0 Å². The van der Waals surface area contributed by atoms with Crippen molar-refractivity contribution in [2.24, 2.45) is 12.8 Å². The van der Waals surface area contributed by atoms with E-state index in [4.69, 9.17) is 17.3 Å². The average molecular weight is 251 g/mol. The monoisotopic (exact) mass is 250 g/mol. The minimum absolute atomic E-state index is 0.527. The molecule has 0 fully saturated rings. The van der Waals surface area contributed by atoms with Crippen molar-refractivity contribution < 1.29 is 0 Å². The number of nitrogens with zero attached hydrogens (tertiary/aromatic N) is 3. The van der Waals surface area contributed by atoms with Crippen LogP contribution in [-0.4, -0.2) is 14.8 Å². The summed E-state index contributed by atoms with van der Waals surface area (Å²) in [5.74, 6) is 1.46. The Hall–Kier alpha value is -1.39. The second-order valence-electron chi connectivity index (χ2n) is 4.61. The summed E-state index contributed by atoms with van der Waals surface area (Å²) in [6.45, 7) is 3.79. The van der Waals surface area contributed by atoms with Gasteiger partial charge in [0.25, 0.3) is 0 Å². The van der Waals surface area contributed by atoms with Crippen molar-refractivity contribution in [2.45, 2.75) is 19.4 Å². The Morgan fingerprint density at radius 3 is 2.41 bits per heavy atom. The van der Waals surface area contributed by atoms with Gasteiger partial charge in [0.2, 0.25) is 0 Å². The van der Waals surface area contributed by atoms with Gasteiger partial charge in [-0.15, -0.1) is 10.2 Å². The van der Waals surface area contributed by atoms with Crippen LogP contribution < -0.4 is 5.73 Å². The average Bonchev–Trinajstić information content (AvgIpc) is 2.60. The predicted octanol–water partition coefficient (Wildman–Crippen LogP) is 2.33. The topological polar surface area (TPSA) is 56.7 Å². The normalized spacial score (nSPS) is 11.8. The van der Waals surface area contributed by atoms with Crippen molar-refractivity contribution in [3.05, 3.63) is 35.1 Å². The largest absolute Gasteiger partial charge is 0.319 e. The fraction of sp³-hybridized carbons (Fsp3) is 0.333. The fourth-order valence-electron chi connectivity index (χ4n) is 1.77. The Balaban J connectivity index is 2.56. The van der Waals surface area contributed by atoms with Crippen LogP contribution in [0.5, 0.6) is 0 Å². The minimum atomic E-state index is -0.527. The van der Waals surface area contributed by atoms with Crippen LogP contribution in [0.25, 0.3) is 11.4 Å². The molecule has 1 aromatic heterocycles. The molecule has 0 bridgehead atoms. The van der Waals surface area contributed by atoms with Crippen molar-refractivity contribution in [1.29, 1.82) is 0 Å². The molecule has 1 aromatic carbocycles. The molecule has 2 rings (SSSR count). The molecule has 1 heterocycles. The lowest BCUT2D eigenvalue weighted by Gasteiger charge is -2.17. The first-order chi connectivity index (χ1) is 7.91. The van der Waals surface area contributed by atoms with Gasteiger partial charge in [0.1, 0.15) is 0 Å². The molecule has 0 unspecified atom stereocenters.